The van der Waals surface area contributed by atoms with Crippen LogP contribution in [0.5, 0.6) is 0 Å². The van der Waals surface area contributed by atoms with E-state index in [4.69, 9.17) is 53.8 Å². The van der Waals surface area contributed by atoms with E-state index in [-0.39, 0.29) is 0 Å². The Bertz CT molecular complexity index is 3070. The molecule has 0 spiro atoms. The van der Waals surface area contributed by atoms with E-state index < -0.39 is 116 Å². The van der Waals surface area contributed by atoms with Crippen LogP contribution in [-0.2, 0) is 62.3 Å². The van der Waals surface area contributed by atoms with Crippen LogP contribution in [0.2, 0.25) is 15.1 Å². The van der Waals surface area contributed by atoms with Gasteiger partial charge in [0.05, 0.1) is 19.3 Å². The summed E-state index contributed by atoms with van der Waals surface area (Å²) in [4.78, 5) is 11.2. The minimum absolute atomic E-state index is 0.407. The highest BCUT2D eigenvalue weighted by molar-refractivity contribution is 6.32. The van der Waals surface area contributed by atoms with Crippen LogP contribution in [-0.4, -0.2) is 117 Å². The van der Waals surface area contributed by atoms with Crippen LogP contribution in [0.3, 0.4) is 0 Å². The lowest BCUT2D eigenvalue weighted by molar-refractivity contribution is -0.296. The van der Waals surface area contributed by atoms with Crippen molar-refractivity contribution in [2.75, 3.05) is 19.8 Å². The molecule has 6 N–H and O–H groups in total. The van der Waals surface area contributed by atoms with E-state index in [0.29, 0.717) is 45.5 Å². The van der Waals surface area contributed by atoms with E-state index in [9.17, 15) is 61.8 Å². The molecule has 11 nitrogen and oxygen atoms in total. The molecule has 0 aromatic heterocycles. The molecule has 3 heterocycles. The van der Waals surface area contributed by atoms with E-state index in [2.05, 4.69) is 45.0 Å². The second kappa shape index (κ2) is 30.1. The Balaban J connectivity index is 0.000000187. The number of halogens is 9. The standard InChI is InChI=1S/C25H29ClF2O3.2C21H23ClF2O4/c1-5-18-6-8-19(9-7-18)12-21-13-20(10-11-22(21)26)24-15(2)16(3)25(27,28)23(31-24)14-30-17(4)29;2*1-2-12-3-5-13(6-4-12)9-15-10-14(7-8-16(15)22)19-18(26)20(27)21(23,24)17(11-25)28-19/h6-11,13,15-16,23-24H,5,12,14H2,1-4H3;2*3-8,10,17-20,25-27H,2,9,11H2,1H3. The SMILES string of the molecule is CCc1ccc(Cc2cc(C3OC(CO)C(F)(F)C(O)C3O)ccc2Cl)cc1.CCc1ccc(Cc2cc(C3OC(CO)C(F)(F)C(O)C3O)ccc2Cl)cc1.CCc1ccc(Cc2cc(C3OC(COC(C)=O)C(F)(F)C(C)C3C)ccc2Cl)cc1. The number of alkyl halides is 6. The molecule has 472 valence electrons. The van der Waals surface area contributed by atoms with Crippen LogP contribution in [0.1, 0.15) is 127 Å². The van der Waals surface area contributed by atoms with Gasteiger partial charge in [-0.2, -0.15) is 0 Å². The minimum atomic E-state index is -3.75. The number of carbonyl (C=O) groups excluding carboxylic acids is 1. The Hall–Kier alpha value is -5.12. The van der Waals surface area contributed by atoms with Gasteiger partial charge in [0.25, 0.3) is 5.92 Å². The molecular weight excluding hydrogens is 1200 g/mol. The van der Waals surface area contributed by atoms with Crippen LogP contribution in [0.25, 0.3) is 0 Å². The molecule has 0 radical (unpaired) electrons. The molecule has 0 saturated carbocycles. The molecule has 12 atom stereocenters. The minimum Gasteiger partial charge on any atom is -0.463 e. The Morgan fingerprint density at radius 1 is 0.471 bits per heavy atom. The largest absolute Gasteiger partial charge is 0.463 e. The third-order valence-electron chi connectivity index (χ3n) is 16.6. The molecule has 3 saturated heterocycles. The van der Waals surface area contributed by atoms with Crippen molar-refractivity contribution in [1.29, 1.82) is 0 Å². The number of hydrogen-bond acceptors (Lipinski definition) is 11. The Labute approximate surface area is 518 Å². The molecule has 3 aliphatic rings. The molecule has 12 unspecified atom stereocenters. The maximum atomic E-state index is 14.8. The number of carbonyl (C=O) groups is 1. The number of aliphatic hydroxyl groups is 6. The van der Waals surface area contributed by atoms with Crippen LogP contribution in [0, 0.1) is 11.8 Å². The van der Waals surface area contributed by atoms with E-state index in [1.807, 2.05) is 60.7 Å². The van der Waals surface area contributed by atoms with Crippen molar-refractivity contribution < 1.29 is 80.7 Å². The van der Waals surface area contributed by atoms with Gasteiger partial charge >= 0.3 is 17.8 Å². The number of aryl methyl sites for hydroxylation is 3. The first-order chi connectivity index (χ1) is 41.2. The van der Waals surface area contributed by atoms with Crippen LogP contribution >= 0.6 is 34.8 Å². The molecule has 3 fully saturated rings. The van der Waals surface area contributed by atoms with Crippen molar-refractivity contribution in [1.82, 2.24) is 0 Å². The zero-order valence-electron chi connectivity index (χ0n) is 49.0. The maximum absolute atomic E-state index is 14.8. The lowest BCUT2D eigenvalue weighted by atomic mass is 9.78. The smallest absolute Gasteiger partial charge is 0.303 e. The summed E-state index contributed by atoms with van der Waals surface area (Å²) in [5, 5.41) is 60.1. The number of esters is 1. The summed E-state index contributed by atoms with van der Waals surface area (Å²) in [6, 6.07) is 39.7. The van der Waals surface area contributed by atoms with Crippen LogP contribution in [0.15, 0.2) is 127 Å². The van der Waals surface area contributed by atoms with Gasteiger partial charge in [-0.25, -0.2) is 26.3 Å². The quantitative estimate of drug-likeness (QED) is 0.0402. The summed E-state index contributed by atoms with van der Waals surface area (Å²) in [6.07, 6.45) is -12.1. The fourth-order valence-electron chi connectivity index (χ4n) is 10.8. The first-order valence-corrected chi connectivity index (χ1v) is 30.1. The second-order valence-corrected chi connectivity index (χ2v) is 23.7. The third kappa shape index (κ3) is 16.5. The summed E-state index contributed by atoms with van der Waals surface area (Å²) < 4.78 is 107. The van der Waals surface area contributed by atoms with E-state index in [1.54, 1.807) is 49.4 Å². The van der Waals surface area contributed by atoms with Crippen molar-refractivity contribution in [3.05, 3.63) is 209 Å². The van der Waals surface area contributed by atoms with Crippen LogP contribution in [0.4, 0.5) is 26.3 Å². The van der Waals surface area contributed by atoms with Crippen molar-refractivity contribution in [2.24, 2.45) is 11.8 Å². The lowest BCUT2D eigenvalue weighted by Gasteiger charge is -2.44. The van der Waals surface area contributed by atoms with Gasteiger partial charge in [0.15, 0.2) is 6.10 Å². The highest BCUT2D eigenvalue weighted by Crippen LogP contribution is 2.49. The molecule has 0 amide bonds. The van der Waals surface area contributed by atoms with Gasteiger partial charge in [-0.15, -0.1) is 0 Å². The Morgan fingerprint density at radius 2 is 0.770 bits per heavy atom. The number of hydrogen-bond donors (Lipinski definition) is 6. The highest BCUT2D eigenvalue weighted by atomic mass is 35.5. The van der Waals surface area contributed by atoms with Gasteiger partial charge in [-0.1, -0.05) is 179 Å². The molecule has 6 aromatic carbocycles. The van der Waals surface area contributed by atoms with Crippen molar-refractivity contribution in [3.8, 4) is 0 Å². The average Bonchev–Trinajstić information content (AvgIpc) is 1.49. The molecule has 3 aliphatic heterocycles. The van der Waals surface area contributed by atoms with Crippen molar-refractivity contribution in [3.63, 3.8) is 0 Å². The summed E-state index contributed by atoms with van der Waals surface area (Å²) in [5.74, 6) is -12.6. The summed E-state index contributed by atoms with van der Waals surface area (Å²) in [6.45, 7) is 8.32. The topological polar surface area (TPSA) is 175 Å². The fraction of sp³-hybridized carbons (Fsp3) is 0.448. The van der Waals surface area contributed by atoms with Gasteiger partial charge in [-0.05, 0) is 129 Å². The Kier molecular flexibility index (Phi) is 24.0. The second-order valence-electron chi connectivity index (χ2n) is 22.4. The van der Waals surface area contributed by atoms with Gasteiger partial charge in [0.2, 0.25) is 0 Å². The van der Waals surface area contributed by atoms with Crippen LogP contribution < -0.4 is 0 Å². The average molecular weight is 1280 g/mol. The number of ether oxygens (including phenoxy) is 4. The molecule has 20 heteroatoms. The highest BCUT2D eigenvalue weighted by Gasteiger charge is 2.59. The van der Waals surface area contributed by atoms with E-state index in [1.165, 1.54) is 30.5 Å². The molecule has 6 aromatic rings. The van der Waals surface area contributed by atoms with Gasteiger partial charge in [-0.3, -0.25) is 4.79 Å². The summed E-state index contributed by atoms with van der Waals surface area (Å²) >= 11 is 19.0. The monoisotopic (exact) mass is 1270 g/mol. The van der Waals surface area contributed by atoms with E-state index in [0.717, 1.165) is 58.2 Å². The Morgan fingerprint density at radius 3 is 1.07 bits per heavy atom. The van der Waals surface area contributed by atoms with Gasteiger partial charge in [0.1, 0.15) is 55.4 Å². The van der Waals surface area contributed by atoms with Crippen molar-refractivity contribution in [2.45, 2.75) is 159 Å². The first-order valence-electron chi connectivity index (χ1n) is 28.9. The predicted octanol–water partition coefficient (Wildman–Crippen LogP) is 13.0. The zero-order chi connectivity index (χ0) is 63.7. The van der Waals surface area contributed by atoms with Gasteiger partial charge in [0, 0.05) is 27.9 Å². The predicted molar refractivity (Wildman–Crippen MR) is 321 cm³/mol. The fourth-order valence-corrected chi connectivity index (χ4v) is 11.4. The van der Waals surface area contributed by atoms with Gasteiger partial charge < -0.3 is 49.6 Å². The maximum Gasteiger partial charge on any atom is 0.303 e. The normalized spacial score (nSPS) is 26.4. The molecule has 87 heavy (non-hydrogen) atoms. The summed E-state index contributed by atoms with van der Waals surface area (Å²) in [7, 11) is 0. The lowest BCUT2D eigenvalue weighted by Crippen LogP contribution is -2.59. The number of rotatable bonds is 16. The van der Waals surface area contributed by atoms with Crippen molar-refractivity contribution >= 4 is 40.8 Å². The molecule has 0 bridgehead atoms. The number of benzene rings is 6. The third-order valence-corrected chi connectivity index (χ3v) is 17.7. The molecule has 0 aliphatic carbocycles. The van der Waals surface area contributed by atoms with E-state index >= 15 is 0 Å². The first kappa shape index (κ1) is 69.4. The number of aliphatic hydroxyl groups excluding tert-OH is 6. The molecule has 9 rings (SSSR count). The summed E-state index contributed by atoms with van der Waals surface area (Å²) in [5.41, 5.74) is 10.9. The zero-order valence-corrected chi connectivity index (χ0v) is 51.3. The molecular formula is C67H75Cl3F6O11.